The third-order valence-corrected chi connectivity index (χ3v) is 4.51. The van der Waals surface area contributed by atoms with E-state index in [0.29, 0.717) is 4.83 Å². The molecule has 1 unspecified atom stereocenters. The molecule has 4 heteroatoms. The number of benzene rings is 1. The Morgan fingerprint density at radius 1 is 1.44 bits per heavy atom. The summed E-state index contributed by atoms with van der Waals surface area (Å²) in [5.74, 6) is 0. The number of fused-ring (bicyclic) bond motifs is 1. The first kappa shape index (κ1) is 11.9. The fraction of sp³-hybridized carbons (Fsp3) is 0.417. The monoisotopic (exact) mass is 298 g/mol. The topological polar surface area (TPSA) is 24.9 Å². The molecule has 1 aromatic carbocycles. The lowest BCUT2D eigenvalue weighted by Crippen LogP contribution is -2.06. The molecular formula is C12H15BrN2S. The van der Waals surface area contributed by atoms with Crippen LogP contribution in [0.3, 0.4) is 0 Å². The van der Waals surface area contributed by atoms with E-state index in [-0.39, 0.29) is 0 Å². The van der Waals surface area contributed by atoms with Crippen molar-refractivity contribution < 1.29 is 0 Å². The minimum atomic E-state index is 0.610. The molecule has 1 aromatic heterocycles. The minimum absolute atomic E-state index is 0.610. The van der Waals surface area contributed by atoms with Crippen molar-refractivity contribution in [1.29, 1.82) is 0 Å². The highest BCUT2D eigenvalue weighted by molar-refractivity contribution is 9.09. The second kappa shape index (κ2) is 5.64. The van der Waals surface area contributed by atoms with Crippen molar-refractivity contribution in [3.63, 3.8) is 0 Å². The highest BCUT2D eigenvalue weighted by Gasteiger charge is 2.05. The lowest BCUT2D eigenvalue weighted by atomic mass is 10.2. The van der Waals surface area contributed by atoms with Crippen LogP contribution >= 0.6 is 27.5 Å². The van der Waals surface area contributed by atoms with Crippen LogP contribution in [0.1, 0.15) is 19.8 Å². The maximum absolute atomic E-state index is 4.40. The molecule has 0 aliphatic heterocycles. The average molecular weight is 299 g/mol. The Hall–Kier alpha value is -0.610. The molecular weight excluding hydrogens is 284 g/mol. The Morgan fingerprint density at radius 3 is 3.06 bits per heavy atom. The molecule has 1 heterocycles. The summed E-state index contributed by atoms with van der Waals surface area (Å²) < 4.78 is 4.40. The third kappa shape index (κ3) is 2.74. The maximum atomic E-state index is 4.40. The lowest BCUT2D eigenvalue weighted by Gasteiger charge is -2.07. The predicted octanol–water partition coefficient (Wildman–Crippen LogP) is 4.27. The maximum Gasteiger partial charge on any atom is 0.117 e. The first-order valence-electron chi connectivity index (χ1n) is 5.53. The van der Waals surface area contributed by atoms with Gasteiger partial charge in [-0.1, -0.05) is 35.0 Å². The smallest absolute Gasteiger partial charge is 0.117 e. The number of alkyl halides is 1. The molecule has 0 radical (unpaired) electrons. The van der Waals surface area contributed by atoms with Crippen molar-refractivity contribution in [3.8, 4) is 0 Å². The molecule has 2 aromatic rings. The predicted molar refractivity (Wildman–Crippen MR) is 75.7 cm³/mol. The fourth-order valence-corrected chi connectivity index (χ4v) is 2.58. The van der Waals surface area contributed by atoms with Gasteiger partial charge in [-0.25, -0.2) is 0 Å². The zero-order valence-electron chi connectivity index (χ0n) is 9.24. The van der Waals surface area contributed by atoms with Gasteiger partial charge in [-0.2, -0.15) is 4.37 Å². The molecule has 1 atom stereocenters. The Balaban J connectivity index is 1.99. The molecule has 1 N–H and O–H groups in total. The summed E-state index contributed by atoms with van der Waals surface area (Å²) in [5.41, 5.74) is 1.08. The van der Waals surface area contributed by atoms with E-state index < -0.39 is 0 Å². The first-order valence-corrected chi connectivity index (χ1v) is 7.22. The summed E-state index contributed by atoms with van der Waals surface area (Å²) >= 11 is 5.18. The lowest BCUT2D eigenvalue weighted by molar-refractivity contribution is 0.776. The fourth-order valence-electron chi connectivity index (χ4n) is 1.56. The van der Waals surface area contributed by atoms with E-state index in [1.807, 2.05) is 6.07 Å². The molecule has 16 heavy (non-hydrogen) atoms. The van der Waals surface area contributed by atoms with Gasteiger partial charge in [0.05, 0.1) is 5.52 Å². The van der Waals surface area contributed by atoms with Gasteiger partial charge in [-0.05, 0) is 36.5 Å². The Morgan fingerprint density at radius 2 is 2.25 bits per heavy atom. The number of aromatic nitrogens is 1. The van der Waals surface area contributed by atoms with Crippen LogP contribution in [0.4, 0.5) is 5.00 Å². The van der Waals surface area contributed by atoms with Crippen LogP contribution in [0.2, 0.25) is 0 Å². The Kier molecular flexibility index (Phi) is 4.18. The number of nitrogens with zero attached hydrogens (tertiary/aromatic N) is 1. The van der Waals surface area contributed by atoms with Crippen LogP contribution in [0, 0.1) is 0 Å². The minimum Gasteiger partial charge on any atom is -0.375 e. The summed E-state index contributed by atoms with van der Waals surface area (Å²) in [6.45, 7) is 3.19. The molecule has 2 rings (SSSR count). The summed E-state index contributed by atoms with van der Waals surface area (Å²) in [7, 11) is 0. The second-order valence-corrected chi connectivity index (χ2v) is 5.82. The molecule has 0 bridgehead atoms. The highest BCUT2D eigenvalue weighted by Crippen LogP contribution is 2.27. The van der Waals surface area contributed by atoms with Crippen LogP contribution in [0.25, 0.3) is 10.9 Å². The zero-order chi connectivity index (χ0) is 11.4. The first-order chi connectivity index (χ1) is 7.81. The molecule has 0 fully saturated rings. The van der Waals surface area contributed by atoms with Crippen LogP contribution < -0.4 is 5.32 Å². The van der Waals surface area contributed by atoms with Gasteiger partial charge in [0.25, 0.3) is 0 Å². The third-order valence-electron chi connectivity index (χ3n) is 2.57. The molecule has 0 saturated carbocycles. The van der Waals surface area contributed by atoms with Gasteiger partial charge in [0, 0.05) is 16.8 Å². The van der Waals surface area contributed by atoms with Crippen LogP contribution in [-0.4, -0.2) is 15.7 Å². The van der Waals surface area contributed by atoms with Crippen molar-refractivity contribution in [2.75, 3.05) is 11.9 Å². The molecule has 0 aliphatic carbocycles. The van der Waals surface area contributed by atoms with Crippen LogP contribution in [0.15, 0.2) is 24.3 Å². The van der Waals surface area contributed by atoms with Crippen LogP contribution in [0.5, 0.6) is 0 Å². The number of rotatable bonds is 5. The van der Waals surface area contributed by atoms with Crippen molar-refractivity contribution in [3.05, 3.63) is 24.3 Å². The Labute approximate surface area is 108 Å². The van der Waals surface area contributed by atoms with Gasteiger partial charge in [-0.15, -0.1) is 0 Å². The van der Waals surface area contributed by atoms with Crippen molar-refractivity contribution in [2.45, 2.75) is 24.6 Å². The summed E-state index contributed by atoms with van der Waals surface area (Å²) in [6, 6.07) is 8.25. The SMILES string of the molecule is CCC(Br)CCNc1snc2ccccc12. The molecule has 2 nitrogen and oxygen atoms in total. The highest BCUT2D eigenvalue weighted by atomic mass is 79.9. The van der Waals surface area contributed by atoms with E-state index in [9.17, 15) is 0 Å². The molecule has 0 aliphatic rings. The molecule has 86 valence electrons. The second-order valence-electron chi connectivity index (χ2n) is 3.75. The number of halogens is 1. The number of hydrogen-bond acceptors (Lipinski definition) is 3. The van der Waals surface area contributed by atoms with Gasteiger partial charge in [0.1, 0.15) is 5.00 Å². The largest absolute Gasteiger partial charge is 0.375 e. The zero-order valence-corrected chi connectivity index (χ0v) is 11.6. The molecule has 0 amide bonds. The van der Waals surface area contributed by atoms with Crippen molar-refractivity contribution in [2.24, 2.45) is 0 Å². The quantitative estimate of drug-likeness (QED) is 0.834. The van der Waals surface area contributed by atoms with E-state index in [2.05, 4.69) is 50.7 Å². The van der Waals surface area contributed by atoms with Gasteiger partial charge >= 0.3 is 0 Å². The summed E-state index contributed by atoms with van der Waals surface area (Å²) in [4.78, 5) is 0.610. The van der Waals surface area contributed by atoms with Crippen molar-refractivity contribution in [1.82, 2.24) is 4.37 Å². The van der Waals surface area contributed by atoms with E-state index in [0.717, 1.165) is 18.5 Å². The summed E-state index contributed by atoms with van der Waals surface area (Å²) in [5, 5.41) is 5.88. The normalized spacial score (nSPS) is 12.9. The molecule has 0 saturated heterocycles. The van der Waals surface area contributed by atoms with E-state index in [1.165, 1.54) is 16.8 Å². The van der Waals surface area contributed by atoms with E-state index in [1.54, 1.807) is 11.5 Å². The average Bonchev–Trinajstić information content (AvgIpc) is 2.73. The number of nitrogens with one attached hydrogen (secondary N) is 1. The van der Waals surface area contributed by atoms with Crippen molar-refractivity contribution >= 4 is 43.4 Å². The van der Waals surface area contributed by atoms with Crippen LogP contribution in [-0.2, 0) is 0 Å². The standard InChI is InChI=1S/C12H15BrN2S/c1-2-9(13)7-8-14-12-10-5-3-4-6-11(10)15-16-12/h3-6,9,14H,2,7-8H2,1H3. The van der Waals surface area contributed by atoms with Gasteiger partial charge in [-0.3, -0.25) is 0 Å². The van der Waals surface area contributed by atoms with Gasteiger partial charge < -0.3 is 5.32 Å². The summed E-state index contributed by atoms with van der Waals surface area (Å²) in [6.07, 6.45) is 2.31. The van der Waals surface area contributed by atoms with E-state index >= 15 is 0 Å². The van der Waals surface area contributed by atoms with Gasteiger partial charge in [0.2, 0.25) is 0 Å². The number of hydrogen-bond donors (Lipinski definition) is 1. The Bertz CT molecular complexity index is 455. The van der Waals surface area contributed by atoms with Gasteiger partial charge in [0.15, 0.2) is 0 Å². The molecule has 0 spiro atoms. The number of anilines is 1. The van der Waals surface area contributed by atoms with E-state index in [4.69, 9.17) is 0 Å².